The van der Waals surface area contributed by atoms with Crippen molar-refractivity contribution in [3.8, 4) is 0 Å². The van der Waals surface area contributed by atoms with Gasteiger partial charge in [-0.1, -0.05) is 18.5 Å². The second-order valence-corrected chi connectivity index (χ2v) is 4.79. The number of nitrogens with zero attached hydrogens (tertiary/aromatic N) is 2. The molecule has 1 aromatic rings. The topological polar surface area (TPSA) is 36.4 Å². The first kappa shape index (κ1) is 11.7. The van der Waals surface area contributed by atoms with Crippen LogP contribution in [0.25, 0.3) is 0 Å². The van der Waals surface area contributed by atoms with E-state index in [4.69, 9.17) is 11.6 Å². The van der Waals surface area contributed by atoms with Crippen molar-refractivity contribution < 1.29 is 5.11 Å². The first-order valence-corrected chi connectivity index (χ1v) is 6.03. The summed E-state index contributed by atoms with van der Waals surface area (Å²) < 4.78 is 0. The molecule has 2 rings (SSSR count). The summed E-state index contributed by atoms with van der Waals surface area (Å²) in [5.74, 6) is 0.274. The van der Waals surface area contributed by atoms with Gasteiger partial charge < -0.3 is 10.0 Å². The van der Waals surface area contributed by atoms with Gasteiger partial charge in [0.15, 0.2) is 0 Å². The van der Waals surface area contributed by atoms with E-state index >= 15 is 0 Å². The molecule has 0 aromatic carbocycles. The minimum absolute atomic E-state index is 0.215. The molecule has 1 N–H and O–H groups in total. The van der Waals surface area contributed by atoms with Gasteiger partial charge in [0.2, 0.25) is 0 Å². The molecule has 2 unspecified atom stereocenters. The van der Waals surface area contributed by atoms with Gasteiger partial charge in [0.25, 0.3) is 0 Å². The normalized spacial score (nSPS) is 24.4. The Morgan fingerprint density at radius 1 is 1.62 bits per heavy atom. The van der Waals surface area contributed by atoms with Crippen molar-refractivity contribution in [3.05, 3.63) is 23.0 Å². The molecular weight excluding hydrogens is 224 g/mol. The molecule has 0 spiro atoms. The molecular formula is C12H17ClN2O. The first-order chi connectivity index (χ1) is 7.67. The quantitative estimate of drug-likeness (QED) is 0.860. The minimum atomic E-state index is 0.215. The van der Waals surface area contributed by atoms with Gasteiger partial charge in [0.05, 0.1) is 16.4 Å². The second kappa shape index (κ2) is 4.60. The van der Waals surface area contributed by atoms with E-state index < -0.39 is 0 Å². The van der Waals surface area contributed by atoms with E-state index in [0.29, 0.717) is 11.1 Å². The summed E-state index contributed by atoms with van der Waals surface area (Å²) >= 11 is 5.96. The number of halogens is 1. The van der Waals surface area contributed by atoms with Crippen molar-refractivity contribution in [2.75, 3.05) is 18.6 Å². The Hall–Kier alpha value is -0.800. The predicted molar refractivity (Wildman–Crippen MR) is 66.0 cm³/mol. The Kier molecular flexibility index (Phi) is 3.36. The van der Waals surface area contributed by atoms with Crippen LogP contribution in [0.4, 0.5) is 5.69 Å². The number of aromatic nitrogens is 1. The molecule has 0 fully saturated rings. The maximum absolute atomic E-state index is 9.41. The summed E-state index contributed by atoms with van der Waals surface area (Å²) in [6.45, 7) is 2.36. The summed E-state index contributed by atoms with van der Waals surface area (Å²) in [6, 6.07) is 2.33. The lowest BCUT2D eigenvalue weighted by atomic mass is 9.87. The number of fused-ring (bicyclic) bond motifs is 1. The number of pyridine rings is 1. The molecule has 2 atom stereocenters. The highest BCUT2D eigenvalue weighted by atomic mass is 35.5. The zero-order valence-electron chi connectivity index (χ0n) is 9.65. The summed E-state index contributed by atoms with van der Waals surface area (Å²) in [4.78, 5) is 6.54. The fraction of sp³-hybridized carbons (Fsp3) is 0.583. The van der Waals surface area contributed by atoms with E-state index in [9.17, 15) is 5.11 Å². The third-order valence-electron chi connectivity index (χ3n) is 3.44. The molecule has 1 aromatic heterocycles. The lowest BCUT2D eigenvalue weighted by Gasteiger charge is -2.40. The molecule has 2 heterocycles. The average Bonchev–Trinajstić information content (AvgIpc) is 2.29. The summed E-state index contributed by atoms with van der Waals surface area (Å²) in [7, 11) is 2.05. The van der Waals surface area contributed by atoms with Crippen molar-refractivity contribution in [2.45, 2.75) is 25.8 Å². The summed E-state index contributed by atoms with van der Waals surface area (Å²) in [6.07, 6.45) is 3.54. The Labute approximate surface area is 101 Å². The van der Waals surface area contributed by atoms with Crippen molar-refractivity contribution >= 4 is 17.3 Å². The SMILES string of the molecule is CCC1C(CO)Cc2ncc(Cl)cc2N1C. The highest BCUT2D eigenvalue weighted by Crippen LogP contribution is 2.34. The third-order valence-corrected chi connectivity index (χ3v) is 3.65. The zero-order valence-corrected chi connectivity index (χ0v) is 10.4. The molecule has 0 aliphatic carbocycles. The minimum Gasteiger partial charge on any atom is -0.396 e. The van der Waals surface area contributed by atoms with Gasteiger partial charge in [0.1, 0.15) is 0 Å². The maximum Gasteiger partial charge on any atom is 0.0642 e. The highest BCUT2D eigenvalue weighted by Gasteiger charge is 2.31. The maximum atomic E-state index is 9.41. The van der Waals surface area contributed by atoms with Crippen LogP contribution in [0.1, 0.15) is 19.0 Å². The van der Waals surface area contributed by atoms with Gasteiger partial charge in [-0.2, -0.15) is 0 Å². The molecule has 3 nitrogen and oxygen atoms in total. The monoisotopic (exact) mass is 240 g/mol. The van der Waals surface area contributed by atoms with Crippen molar-refractivity contribution in [1.82, 2.24) is 4.98 Å². The van der Waals surface area contributed by atoms with Crippen LogP contribution >= 0.6 is 11.6 Å². The van der Waals surface area contributed by atoms with Gasteiger partial charge in [-0.25, -0.2) is 0 Å². The molecule has 1 aliphatic heterocycles. The van der Waals surface area contributed by atoms with Crippen LogP contribution < -0.4 is 4.90 Å². The van der Waals surface area contributed by atoms with Crippen molar-refractivity contribution in [2.24, 2.45) is 5.92 Å². The lowest BCUT2D eigenvalue weighted by Crippen LogP contribution is -2.44. The van der Waals surface area contributed by atoms with Crippen LogP contribution in [-0.4, -0.2) is 29.8 Å². The molecule has 0 amide bonds. The van der Waals surface area contributed by atoms with Gasteiger partial charge in [-0.05, 0) is 18.9 Å². The van der Waals surface area contributed by atoms with Gasteiger partial charge in [-0.3, -0.25) is 4.98 Å². The van der Waals surface area contributed by atoms with E-state index in [1.54, 1.807) is 6.20 Å². The predicted octanol–water partition coefficient (Wildman–Crippen LogP) is 2.11. The average molecular weight is 241 g/mol. The number of hydrogen-bond acceptors (Lipinski definition) is 3. The molecule has 0 saturated carbocycles. The van der Waals surface area contributed by atoms with Crippen LogP contribution in [0.2, 0.25) is 5.02 Å². The number of rotatable bonds is 2. The van der Waals surface area contributed by atoms with Crippen LogP contribution in [0, 0.1) is 5.92 Å². The van der Waals surface area contributed by atoms with Gasteiger partial charge in [0, 0.05) is 31.8 Å². The second-order valence-electron chi connectivity index (χ2n) is 4.35. The molecule has 1 aliphatic rings. The van der Waals surface area contributed by atoms with Gasteiger partial charge in [-0.15, -0.1) is 0 Å². The molecule has 0 radical (unpaired) electrons. The Morgan fingerprint density at radius 3 is 3.00 bits per heavy atom. The fourth-order valence-corrected chi connectivity index (χ4v) is 2.74. The zero-order chi connectivity index (χ0) is 11.7. The number of aliphatic hydroxyl groups excluding tert-OH is 1. The van der Waals surface area contributed by atoms with E-state index in [0.717, 1.165) is 24.2 Å². The molecule has 0 bridgehead atoms. The standard InChI is InChI=1S/C12H17ClN2O/c1-3-11-8(7-16)4-10-12(15(11)2)5-9(13)6-14-10/h5-6,8,11,16H,3-4,7H2,1-2H3. The van der Waals surface area contributed by atoms with Crippen molar-refractivity contribution in [3.63, 3.8) is 0 Å². The number of hydrogen-bond donors (Lipinski definition) is 1. The fourth-order valence-electron chi connectivity index (χ4n) is 2.59. The van der Waals surface area contributed by atoms with E-state index in [1.165, 1.54) is 0 Å². The Balaban J connectivity index is 2.40. The highest BCUT2D eigenvalue weighted by molar-refractivity contribution is 6.30. The number of aliphatic hydroxyl groups is 1. The number of anilines is 1. The van der Waals surface area contributed by atoms with Crippen LogP contribution in [0.15, 0.2) is 12.3 Å². The largest absolute Gasteiger partial charge is 0.396 e. The molecule has 0 saturated heterocycles. The van der Waals surface area contributed by atoms with Crippen molar-refractivity contribution in [1.29, 1.82) is 0 Å². The van der Waals surface area contributed by atoms with E-state index in [-0.39, 0.29) is 12.5 Å². The molecule has 88 valence electrons. The van der Waals surface area contributed by atoms with Crippen LogP contribution in [-0.2, 0) is 6.42 Å². The molecule has 16 heavy (non-hydrogen) atoms. The Bertz CT molecular complexity index is 383. The van der Waals surface area contributed by atoms with Gasteiger partial charge >= 0.3 is 0 Å². The van der Waals surface area contributed by atoms with Crippen LogP contribution in [0.5, 0.6) is 0 Å². The summed E-state index contributed by atoms with van der Waals surface area (Å²) in [5.41, 5.74) is 2.14. The van der Waals surface area contributed by atoms with Crippen LogP contribution in [0.3, 0.4) is 0 Å². The molecule has 4 heteroatoms. The van der Waals surface area contributed by atoms with E-state index in [2.05, 4.69) is 16.8 Å². The Morgan fingerprint density at radius 2 is 2.38 bits per heavy atom. The smallest absolute Gasteiger partial charge is 0.0642 e. The first-order valence-electron chi connectivity index (χ1n) is 5.65. The third kappa shape index (κ3) is 1.89. The lowest BCUT2D eigenvalue weighted by molar-refractivity contribution is 0.193. The summed E-state index contributed by atoms with van der Waals surface area (Å²) in [5, 5.41) is 10.1. The van der Waals surface area contributed by atoms with E-state index in [1.807, 2.05) is 13.1 Å².